The van der Waals surface area contributed by atoms with Crippen LogP contribution >= 0.6 is 0 Å². The highest BCUT2D eigenvalue weighted by atomic mass is 32.2. The van der Waals surface area contributed by atoms with Gasteiger partial charge in [-0.3, -0.25) is 4.72 Å². The molecular formula is C19H26N2O2S. The molecule has 0 spiro atoms. The van der Waals surface area contributed by atoms with Crippen molar-refractivity contribution in [1.29, 1.82) is 0 Å². The second kappa shape index (κ2) is 7.26. The van der Waals surface area contributed by atoms with Crippen molar-refractivity contribution in [2.75, 3.05) is 10.0 Å². The number of rotatable bonds is 6. The van der Waals surface area contributed by atoms with Crippen molar-refractivity contribution in [2.45, 2.75) is 45.4 Å². The van der Waals surface area contributed by atoms with E-state index in [1.54, 1.807) is 32.9 Å². The van der Waals surface area contributed by atoms with E-state index in [0.29, 0.717) is 12.2 Å². The first-order valence-electron chi connectivity index (χ1n) is 8.15. The summed E-state index contributed by atoms with van der Waals surface area (Å²) in [6.45, 7) is 7.86. The van der Waals surface area contributed by atoms with Crippen molar-refractivity contribution in [1.82, 2.24) is 0 Å². The molecule has 24 heavy (non-hydrogen) atoms. The van der Waals surface area contributed by atoms with Crippen molar-refractivity contribution in [3.8, 4) is 0 Å². The van der Waals surface area contributed by atoms with Crippen LogP contribution in [0.3, 0.4) is 0 Å². The molecule has 0 radical (unpaired) electrons. The molecule has 0 saturated heterocycles. The minimum atomic E-state index is -3.39. The number of hydrogen-bond donors (Lipinski definition) is 2. The van der Waals surface area contributed by atoms with Gasteiger partial charge in [0.2, 0.25) is 10.0 Å². The van der Waals surface area contributed by atoms with Crippen LogP contribution in [0.5, 0.6) is 0 Å². The van der Waals surface area contributed by atoms with Crippen molar-refractivity contribution >= 4 is 21.4 Å². The zero-order valence-corrected chi connectivity index (χ0v) is 15.6. The van der Waals surface area contributed by atoms with E-state index < -0.39 is 14.8 Å². The van der Waals surface area contributed by atoms with Crippen molar-refractivity contribution in [3.05, 3.63) is 59.7 Å². The van der Waals surface area contributed by atoms with E-state index in [2.05, 4.69) is 41.2 Å². The molecule has 130 valence electrons. The van der Waals surface area contributed by atoms with Gasteiger partial charge in [-0.05, 0) is 62.6 Å². The van der Waals surface area contributed by atoms with Gasteiger partial charge >= 0.3 is 0 Å². The smallest absolute Gasteiger partial charge is 0.237 e. The first-order chi connectivity index (χ1) is 11.2. The topological polar surface area (TPSA) is 58.2 Å². The maximum absolute atomic E-state index is 12.1. The van der Waals surface area contributed by atoms with E-state index in [9.17, 15) is 8.42 Å². The SMILES string of the molecule is CCc1ccc(NCc2ccc(NS(=O)(=O)C(C)(C)C)cc2)cc1. The molecule has 0 saturated carbocycles. The summed E-state index contributed by atoms with van der Waals surface area (Å²) in [7, 11) is -3.39. The van der Waals surface area contributed by atoms with E-state index >= 15 is 0 Å². The largest absolute Gasteiger partial charge is 0.381 e. The van der Waals surface area contributed by atoms with Crippen LogP contribution in [0, 0.1) is 0 Å². The van der Waals surface area contributed by atoms with Crippen LogP contribution in [-0.4, -0.2) is 13.2 Å². The van der Waals surface area contributed by atoms with Gasteiger partial charge in [0.15, 0.2) is 0 Å². The van der Waals surface area contributed by atoms with Crippen LogP contribution in [0.4, 0.5) is 11.4 Å². The standard InChI is InChI=1S/C19H26N2O2S/c1-5-15-6-10-17(11-7-15)20-14-16-8-12-18(13-9-16)21-24(22,23)19(2,3)4/h6-13,20-21H,5,14H2,1-4H3. The molecule has 0 amide bonds. The van der Waals surface area contributed by atoms with Gasteiger partial charge in [0, 0.05) is 17.9 Å². The van der Waals surface area contributed by atoms with Crippen LogP contribution < -0.4 is 10.0 Å². The zero-order chi connectivity index (χ0) is 17.8. The first-order valence-corrected chi connectivity index (χ1v) is 9.64. The lowest BCUT2D eigenvalue weighted by atomic mass is 10.1. The third kappa shape index (κ3) is 4.74. The number of aryl methyl sites for hydroxylation is 1. The van der Waals surface area contributed by atoms with Crippen LogP contribution in [0.1, 0.15) is 38.8 Å². The molecule has 0 atom stereocenters. The van der Waals surface area contributed by atoms with Crippen molar-refractivity contribution in [3.63, 3.8) is 0 Å². The fourth-order valence-electron chi connectivity index (χ4n) is 2.06. The van der Waals surface area contributed by atoms with Gasteiger partial charge in [0.05, 0.1) is 4.75 Å². The van der Waals surface area contributed by atoms with Gasteiger partial charge in [-0.25, -0.2) is 8.42 Å². The van der Waals surface area contributed by atoms with Gasteiger partial charge < -0.3 is 5.32 Å². The van der Waals surface area contributed by atoms with Crippen LogP contribution in [0.25, 0.3) is 0 Å². The molecule has 2 aromatic rings. The Balaban J connectivity index is 1.97. The third-order valence-corrected chi connectivity index (χ3v) is 5.99. The van der Waals surface area contributed by atoms with E-state index in [1.807, 2.05) is 12.1 Å². The highest BCUT2D eigenvalue weighted by Gasteiger charge is 2.28. The lowest BCUT2D eigenvalue weighted by molar-refractivity contribution is 0.566. The molecule has 2 aromatic carbocycles. The Morgan fingerprint density at radius 1 is 0.833 bits per heavy atom. The highest BCUT2D eigenvalue weighted by molar-refractivity contribution is 7.94. The Labute approximate surface area is 145 Å². The summed E-state index contributed by atoms with van der Waals surface area (Å²) in [4.78, 5) is 0. The minimum absolute atomic E-state index is 0.584. The van der Waals surface area contributed by atoms with Crippen LogP contribution in [-0.2, 0) is 23.0 Å². The average molecular weight is 346 g/mol. The monoisotopic (exact) mass is 346 g/mol. The predicted octanol–water partition coefficient (Wildman–Crippen LogP) is 4.40. The average Bonchev–Trinajstić information content (AvgIpc) is 2.53. The molecule has 2 N–H and O–H groups in total. The number of anilines is 2. The quantitative estimate of drug-likeness (QED) is 0.815. The number of hydrogen-bond acceptors (Lipinski definition) is 3. The zero-order valence-electron chi connectivity index (χ0n) is 14.8. The molecule has 0 aliphatic rings. The summed E-state index contributed by atoms with van der Waals surface area (Å²) in [6, 6.07) is 15.8. The summed E-state index contributed by atoms with van der Waals surface area (Å²) in [6.07, 6.45) is 1.03. The second-order valence-electron chi connectivity index (χ2n) is 6.82. The van der Waals surface area contributed by atoms with E-state index in [-0.39, 0.29) is 0 Å². The Kier molecular flexibility index (Phi) is 5.54. The Hall–Kier alpha value is -2.01. The summed E-state index contributed by atoms with van der Waals surface area (Å²) in [5.74, 6) is 0. The van der Waals surface area contributed by atoms with Gasteiger partial charge in [-0.1, -0.05) is 31.2 Å². The van der Waals surface area contributed by atoms with E-state index in [0.717, 1.165) is 17.7 Å². The molecule has 0 aromatic heterocycles. The molecule has 0 heterocycles. The molecule has 0 aliphatic carbocycles. The second-order valence-corrected chi connectivity index (χ2v) is 9.25. The van der Waals surface area contributed by atoms with Crippen molar-refractivity contribution in [2.24, 2.45) is 0 Å². The Bertz CT molecular complexity index is 759. The predicted molar refractivity (Wildman–Crippen MR) is 102 cm³/mol. The minimum Gasteiger partial charge on any atom is -0.381 e. The normalized spacial score (nSPS) is 12.0. The fourth-order valence-corrected chi connectivity index (χ4v) is 2.81. The molecule has 2 rings (SSSR count). The van der Waals surface area contributed by atoms with Gasteiger partial charge in [-0.15, -0.1) is 0 Å². The fraction of sp³-hybridized carbons (Fsp3) is 0.368. The molecular weight excluding hydrogens is 320 g/mol. The Morgan fingerprint density at radius 3 is 1.83 bits per heavy atom. The number of benzene rings is 2. The molecule has 0 fully saturated rings. The lowest BCUT2D eigenvalue weighted by Crippen LogP contribution is -2.33. The lowest BCUT2D eigenvalue weighted by Gasteiger charge is -2.20. The summed E-state index contributed by atoms with van der Waals surface area (Å²) >= 11 is 0. The Morgan fingerprint density at radius 2 is 1.33 bits per heavy atom. The van der Waals surface area contributed by atoms with Crippen LogP contribution in [0.2, 0.25) is 0 Å². The van der Waals surface area contributed by atoms with Crippen LogP contribution in [0.15, 0.2) is 48.5 Å². The molecule has 0 bridgehead atoms. The molecule has 4 nitrogen and oxygen atoms in total. The van der Waals surface area contributed by atoms with Crippen molar-refractivity contribution < 1.29 is 8.42 Å². The van der Waals surface area contributed by atoms with Gasteiger partial charge in [0.25, 0.3) is 0 Å². The van der Waals surface area contributed by atoms with Gasteiger partial charge in [-0.2, -0.15) is 0 Å². The molecule has 0 unspecified atom stereocenters. The maximum atomic E-state index is 12.1. The van der Waals surface area contributed by atoms with E-state index in [1.165, 1.54) is 5.56 Å². The molecule has 5 heteroatoms. The van der Waals surface area contributed by atoms with Gasteiger partial charge in [0.1, 0.15) is 0 Å². The number of sulfonamides is 1. The summed E-state index contributed by atoms with van der Waals surface area (Å²) in [5, 5.41) is 3.37. The third-order valence-electron chi connectivity index (χ3n) is 3.87. The highest BCUT2D eigenvalue weighted by Crippen LogP contribution is 2.20. The summed E-state index contributed by atoms with van der Waals surface area (Å²) < 4.78 is 26.1. The van der Waals surface area contributed by atoms with E-state index in [4.69, 9.17) is 0 Å². The summed E-state index contributed by atoms with van der Waals surface area (Å²) in [5.41, 5.74) is 4.06. The molecule has 0 aliphatic heterocycles. The first kappa shape index (κ1) is 18.3. The number of nitrogens with one attached hydrogen (secondary N) is 2. The maximum Gasteiger partial charge on any atom is 0.237 e.